The van der Waals surface area contributed by atoms with Gasteiger partial charge in [0.25, 0.3) is 5.91 Å². The van der Waals surface area contributed by atoms with Crippen LogP contribution in [-0.4, -0.2) is 63.0 Å². The second kappa shape index (κ2) is 8.58. The zero-order valence-corrected chi connectivity index (χ0v) is 19.4. The Morgan fingerprint density at radius 3 is 2.73 bits per heavy atom. The summed E-state index contributed by atoms with van der Waals surface area (Å²) in [7, 11) is 0. The minimum Gasteiger partial charge on any atom is -0.477 e. The van der Waals surface area contributed by atoms with E-state index in [1.807, 2.05) is 31.4 Å². The maximum absolute atomic E-state index is 13.1. The van der Waals surface area contributed by atoms with E-state index in [2.05, 4.69) is 35.5 Å². The minimum atomic E-state index is -0.359. The summed E-state index contributed by atoms with van der Waals surface area (Å²) in [5, 5.41) is 6.35. The summed E-state index contributed by atoms with van der Waals surface area (Å²) >= 11 is 0. The highest BCUT2D eigenvalue weighted by Crippen LogP contribution is 2.37. The summed E-state index contributed by atoms with van der Waals surface area (Å²) in [6, 6.07) is 0. The van der Waals surface area contributed by atoms with E-state index in [0.717, 1.165) is 56.1 Å². The Hall–Kier alpha value is -3.27. The lowest BCUT2D eigenvalue weighted by molar-refractivity contribution is 0.102. The molecule has 0 bridgehead atoms. The number of nitrogens with zero attached hydrogens (tertiary/aromatic N) is 6. The SMILES string of the molecule is CCOc1nc(N2CCC3(CCNC3)CC2)ncc1C(=O)Nc1cn2cc(C)nc2c(C)n1. The molecular formula is C23H30N8O2. The van der Waals surface area contributed by atoms with Crippen molar-refractivity contribution in [2.75, 3.05) is 43.0 Å². The Kier molecular flexibility index (Phi) is 5.61. The number of aryl methyl sites for hydroxylation is 2. The Bertz CT molecular complexity index is 1170. The van der Waals surface area contributed by atoms with Crippen LogP contribution in [0.2, 0.25) is 0 Å². The van der Waals surface area contributed by atoms with Gasteiger partial charge in [-0.05, 0) is 52.0 Å². The third-order valence-electron chi connectivity index (χ3n) is 6.67. The van der Waals surface area contributed by atoms with Crippen molar-refractivity contribution in [3.05, 3.63) is 35.5 Å². The van der Waals surface area contributed by atoms with Gasteiger partial charge in [-0.1, -0.05) is 0 Å². The molecular weight excluding hydrogens is 420 g/mol. The number of rotatable bonds is 5. The van der Waals surface area contributed by atoms with E-state index in [1.54, 1.807) is 12.4 Å². The van der Waals surface area contributed by atoms with E-state index < -0.39 is 0 Å². The molecule has 2 aliphatic heterocycles. The molecule has 1 amide bonds. The van der Waals surface area contributed by atoms with Gasteiger partial charge in [-0.25, -0.2) is 15.0 Å². The predicted molar refractivity (Wildman–Crippen MR) is 125 cm³/mol. The van der Waals surface area contributed by atoms with Crippen molar-refractivity contribution in [2.24, 2.45) is 5.41 Å². The van der Waals surface area contributed by atoms with Crippen molar-refractivity contribution in [1.82, 2.24) is 29.7 Å². The molecule has 10 nitrogen and oxygen atoms in total. The highest BCUT2D eigenvalue weighted by molar-refractivity contribution is 6.05. The van der Waals surface area contributed by atoms with Crippen LogP contribution < -0.4 is 20.3 Å². The van der Waals surface area contributed by atoms with E-state index >= 15 is 0 Å². The lowest BCUT2D eigenvalue weighted by atomic mass is 9.78. The standard InChI is InChI=1S/C23H30N8O2/c1-4-33-21-17(20(32)28-18-13-31-12-15(2)26-19(31)16(3)27-18)11-25-22(29-21)30-9-6-23(7-10-30)5-8-24-14-23/h11-13,24H,4-10,14H2,1-3H3,(H,28,32). The van der Waals surface area contributed by atoms with Gasteiger partial charge in [0, 0.05) is 32.0 Å². The second-order valence-corrected chi connectivity index (χ2v) is 9.01. The Balaban J connectivity index is 1.35. The Morgan fingerprint density at radius 1 is 1.18 bits per heavy atom. The molecule has 3 aromatic heterocycles. The molecule has 33 heavy (non-hydrogen) atoms. The minimum absolute atomic E-state index is 0.287. The van der Waals surface area contributed by atoms with Gasteiger partial charge in [0.1, 0.15) is 11.4 Å². The van der Waals surface area contributed by atoms with Gasteiger partial charge >= 0.3 is 0 Å². The van der Waals surface area contributed by atoms with Gasteiger partial charge in [-0.2, -0.15) is 4.98 Å². The summed E-state index contributed by atoms with van der Waals surface area (Å²) in [6.07, 6.45) is 8.68. The van der Waals surface area contributed by atoms with Crippen LogP contribution in [0.5, 0.6) is 5.88 Å². The zero-order valence-electron chi connectivity index (χ0n) is 19.4. The fourth-order valence-corrected chi connectivity index (χ4v) is 4.83. The maximum Gasteiger partial charge on any atom is 0.263 e. The largest absolute Gasteiger partial charge is 0.477 e. The maximum atomic E-state index is 13.1. The van der Waals surface area contributed by atoms with Crippen LogP contribution in [0, 0.1) is 19.3 Å². The third kappa shape index (κ3) is 4.22. The van der Waals surface area contributed by atoms with Crippen molar-refractivity contribution in [3.8, 4) is 5.88 Å². The van der Waals surface area contributed by atoms with Crippen LogP contribution >= 0.6 is 0 Å². The summed E-state index contributed by atoms with van der Waals surface area (Å²) in [4.78, 5) is 33.3. The van der Waals surface area contributed by atoms with E-state index in [1.165, 1.54) is 6.42 Å². The summed E-state index contributed by atoms with van der Waals surface area (Å²) < 4.78 is 7.59. The number of carbonyl (C=O) groups is 1. The number of imidazole rings is 1. The fraction of sp³-hybridized carbons (Fsp3) is 0.522. The molecule has 2 aliphatic rings. The van der Waals surface area contributed by atoms with Crippen molar-refractivity contribution < 1.29 is 9.53 Å². The first-order valence-electron chi connectivity index (χ1n) is 11.6. The fourth-order valence-electron chi connectivity index (χ4n) is 4.83. The lowest BCUT2D eigenvalue weighted by Crippen LogP contribution is -2.42. The molecule has 2 saturated heterocycles. The molecule has 1 spiro atoms. The molecule has 2 fully saturated rings. The number of anilines is 2. The molecule has 0 aromatic carbocycles. The first-order chi connectivity index (χ1) is 16.0. The van der Waals surface area contributed by atoms with Gasteiger partial charge in [-0.3, -0.25) is 4.79 Å². The van der Waals surface area contributed by atoms with Crippen molar-refractivity contribution in [3.63, 3.8) is 0 Å². The highest BCUT2D eigenvalue weighted by Gasteiger charge is 2.37. The normalized spacial score (nSPS) is 17.6. The van der Waals surface area contributed by atoms with Gasteiger partial charge in [-0.15, -0.1) is 0 Å². The number of hydrogen-bond donors (Lipinski definition) is 2. The quantitative estimate of drug-likeness (QED) is 0.610. The van der Waals surface area contributed by atoms with Crippen LogP contribution in [-0.2, 0) is 0 Å². The molecule has 5 heterocycles. The number of fused-ring (bicyclic) bond motifs is 1. The van der Waals surface area contributed by atoms with Gasteiger partial charge in [0.05, 0.1) is 24.2 Å². The number of piperidine rings is 1. The number of nitrogens with one attached hydrogen (secondary N) is 2. The van der Waals surface area contributed by atoms with Crippen molar-refractivity contribution >= 4 is 23.3 Å². The van der Waals surface area contributed by atoms with Crippen LogP contribution in [0.25, 0.3) is 5.65 Å². The molecule has 0 radical (unpaired) electrons. The van der Waals surface area contributed by atoms with E-state index in [4.69, 9.17) is 4.74 Å². The number of amides is 1. The summed E-state index contributed by atoms with van der Waals surface area (Å²) in [5.74, 6) is 0.974. The molecule has 10 heteroatoms. The monoisotopic (exact) mass is 450 g/mol. The van der Waals surface area contributed by atoms with Crippen LogP contribution in [0.1, 0.15) is 47.9 Å². The van der Waals surface area contributed by atoms with Crippen LogP contribution in [0.3, 0.4) is 0 Å². The van der Waals surface area contributed by atoms with E-state index in [0.29, 0.717) is 29.7 Å². The molecule has 3 aromatic rings. The van der Waals surface area contributed by atoms with Crippen LogP contribution in [0.15, 0.2) is 18.6 Å². The van der Waals surface area contributed by atoms with E-state index in [9.17, 15) is 4.79 Å². The Morgan fingerprint density at radius 2 is 2.00 bits per heavy atom. The van der Waals surface area contributed by atoms with E-state index in [-0.39, 0.29) is 11.5 Å². The van der Waals surface area contributed by atoms with Crippen molar-refractivity contribution in [2.45, 2.75) is 40.0 Å². The zero-order chi connectivity index (χ0) is 23.0. The summed E-state index contributed by atoms with van der Waals surface area (Å²) in [6.45, 7) is 10.1. The topological polar surface area (TPSA) is 110 Å². The number of carbonyl (C=O) groups excluding carboxylic acids is 1. The number of aromatic nitrogens is 5. The Labute approximate surface area is 192 Å². The molecule has 174 valence electrons. The second-order valence-electron chi connectivity index (χ2n) is 9.01. The van der Waals surface area contributed by atoms with Gasteiger partial charge in [0.15, 0.2) is 5.65 Å². The average Bonchev–Trinajstić information content (AvgIpc) is 3.41. The van der Waals surface area contributed by atoms with Crippen LogP contribution in [0.4, 0.5) is 11.8 Å². The average molecular weight is 451 g/mol. The number of ether oxygens (including phenoxy) is 1. The molecule has 0 unspecified atom stereocenters. The molecule has 0 saturated carbocycles. The molecule has 2 N–H and O–H groups in total. The highest BCUT2D eigenvalue weighted by atomic mass is 16.5. The molecule has 0 atom stereocenters. The third-order valence-corrected chi connectivity index (χ3v) is 6.67. The first-order valence-corrected chi connectivity index (χ1v) is 11.6. The smallest absolute Gasteiger partial charge is 0.263 e. The van der Waals surface area contributed by atoms with Gasteiger partial charge < -0.3 is 24.7 Å². The lowest BCUT2D eigenvalue weighted by Gasteiger charge is -2.38. The number of hydrogen-bond acceptors (Lipinski definition) is 8. The first kappa shape index (κ1) is 21.6. The predicted octanol–water partition coefficient (Wildman–Crippen LogP) is 2.37. The van der Waals surface area contributed by atoms with Crippen molar-refractivity contribution in [1.29, 1.82) is 0 Å². The van der Waals surface area contributed by atoms with Gasteiger partial charge in [0.2, 0.25) is 11.8 Å². The molecule has 5 rings (SSSR count). The molecule has 0 aliphatic carbocycles. The summed E-state index contributed by atoms with van der Waals surface area (Å²) in [5.41, 5.74) is 3.09.